The van der Waals surface area contributed by atoms with Crippen molar-refractivity contribution in [3.8, 4) is 5.75 Å². The lowest BCUT2D eigenvalue weighted by Gasteiger charge is -2.45. The average Bonchev–Trinajstić information content (AvgIpc) is 2.39. The number of ether oxygens (including phenoxy) is 2. The molecule has 1 spiro atoms. The van der Waals surface area contributed by atoms with Crippen LogP contribution in [0.3, 0.4) is 0 Å². The van der Waals surface area contributed by atoms with Crippen molar-refractivity contribution < 1.29 is 9.47 Å². The molecule has 0 radical (unpaired) electrons. The molecular weight excluding hydrogens is 238 g/mol. The van der Waals surface area contributed by atoms with Gasteiger partial charge in [-0.2, -0.15) is 0 Å². The Morgan fingerprint density at radius 3 is 3.00 bits per heavy atom. The minimum atomic E-state index is -0.105. The Morgan fingerprint density at radius 1 is 1.32 bits per heavy atom. The first-order valence-corrected chi connectivity index (χ1v) is 7.37. The fraction of sp³-hybridized carbons (Fsp3) is 0.625. The molecule has 1 aromatic carbocycles. The lowest BCUT2D eigenvalue weighted by molar-refractivity contribution is -0.103. The second kappa shape index (κ2) is 5.14. The second-order valence-electron chi connectivity index (χ2n) is 5.87. The molecule has 2 aliphatic rings. The third kappa shape index (κ3) is 2.49. The van der Waals surface area contributed by atoms with Crippen LogP contribution in [0.5, 0.6) is 5.75 Å². The normalized spacial score (nSPS) is 33.8. The summed E-state index contributed by atoms with van der Waals surface area (Å²) in [5.74, 6) is 0.971. The maximum atomic E-state index is 6.35. The van der Waals surface area contributed by atoms with E-state index >= 15 is 0 Å². The highest BCUT2D eigenvalue weighted by atomic mass is 16.5. The van der Waals surface area contributed by atoms with Gasteiger partial charge in [-0.25, -0.2) is 0 Å². The molecule has 0 bridgehead atoms. The minimum absolute atomic E-state index is 0.0883. The number of para-hydroxylation sites is 1. The number of rotatable bonds is 2. The summed E-state index contributed by atoms with van der Waals surface area (Å²) in [5, 5.41) is 0. The van der Waals surface area contributed by atoms with Crippen LogP contribution in [0.4, 0.5) is 0 Å². The fourth-order valence-corrected chi connectivity index (χ4v) is 3.44. The summed E-state index contributed by atoms with van der Waals surface area (Å²) < 4.78 is 12.2. The predicted molar refractivity (Wildman–Crippen MR) is 75.2 cm³/mol. The molecule has 0 amide bonds. The summed E-state index contributed by atoms with van der Waals surface area (Å²) >= 11 is 0. The smallest absolute Gasteiger partial charge is 0.124 e. The van der Waals surface area contributed by atoms with E-state index in [1.54, 1.807) is 0 Å². The van der Waals surface area contributed by atoms with E-state index < -0.39 is 0 Å². The summed E-state index contributed by atoms with van der Waals surface area (Å²) in [5.41, 5.74) is 7.39. The molecule has 3 rings (SSSR count). The van der Waals surface area contributed by atoms with Crippen LogP contribution < -0.4 is 10.5 Å². The van der Waals surface area contributed by atoms with Crippen LogP contribution >= 0.6 is 0 Å². The zero-order valence-electron chi connectivity index (χ0n) is 11.6. The maximum absolute atomic E-state index is 6.35. The highest BCUT2D eigenvalue weighted by Crippen LogP contribution is 2.44. The molecule has 0 aromatic heterocycles. The van der Waals surface area contributed by atoms with Gasteiger partial charge >= 0.3 is 0 Å². The van der Waals surface area contributed by atoms with Crippen molar-refractivity contribution in [1.82, 2.24) is 0 Å². The van der Waals surface area contributed by atoms with E-state index in [1.807, 2.05) is 18.2 Å². The topological polar surface area (TPSA) is 44.5 Å². The van der Waals surface area contributed by atoms with Gasteiger partial charge in [-0.05, 0) is 12.5 Å². The lowest BCUT2D eigenvalue weighted by atomic mass is 9.79. The average molecular weight is 261 g/mol. The Balaban J connectivity index is 1.83. The molecule has 104 valence electrons. The van der Waals surface area contributed by atoms with Gasteiger partial charge in [0.15, 0.2) is 0 Å². The van der Waals surface area contributed by atoms with Crippen molar-refractivity contribution >= 4 is 0 Å². The summed E-state index contributed by atoms with van der Waals surface area (Å²) in [4.78, 5) is 0. The SMILES string of the molecule is CCCC1CC2(CCO1)CC(N)c1ccccc1O2. The van der Waals surface area contributed by atoms with Crippen molar-refractivity contribution in [2.45, 2.75) is 56.8 Å². The van der Waals surface area contributed by atoms with Crippen molar-refractivity contribution in [3.05, 3.63) is 29.8 Å². The van der Waals surface area contributed by atoms with Crippen LogP contribution in [-0.4, -0.2) is 18.3 Å². The Kier molecular flexibility index (Phi) is 3.50. The molecule has 3 atom stereocenters. The molecule has 2 heterocycles. The molecule has 1 aromatic rings. The Hall–Kier alpha value is -1.06. The van der Waals surface area contributed by atoms with Gasteiger partial charge in [0.05, 0.1) is 12.7 Å². The Labute approximate surface area is 115 Å². The lowest BCUT2D eigenvalue weighted by Crippen LogP contribution is -2.49. The van der Waals surface area contributed by atoms with E-state index in [0.29, 0.717) is 6.10 Å². The van der Waals surface area contributed by atoms with Gasteiger partial charge in [-0.1, -0.05) is 31.5 Å². The van der Waals surface area contributed by atoms with Crippen LogP contribution in [-0.2, 0) is 4.74 Å². The van der Waals surface area contributed by atoms with Gasteiger partial charge in [-0.15, -0.1) is 0 Å². The van der Waals surface area contributed by atoms with Crippen LogP contribution in [0, 0.1) is 0 Å². The molecule has 1 fully saturated rings. The summed E-state index contributed by atoms with van der Waals surface area (Å²) in [7, 11) is 0. The summed E-state index contributed by atoms with van der Waals surface area (Å²) in [6.07, 6.45) is 5.44. The first-order valence-electron chi connectivity index (χ1n) is 7.37. The third-order valence-corrected chi connectivity index (χ3v) is 4.36. The third-order valence-electron chi connectivity index (χ3n) is 4.36. The van der Waals surface area contributed by atoms with E-state index in [4.69, 9.17) is 15.2 Å². The van der Waals surface area contributed by atoms with Crippen LogP contribution in [0.15, 0.2) is 24.3 Å². The highest BCUT2D eigenvalue weighted by Gasteiger charge is 2.43. The molecule has 2 N–H and O–H groups in total. The molecule has 0 aliphatic carbocycles. The number of fused-ring (bicyclic) bond motifs is 1. The molecular formula is C16H23NO2. The quantitative estimate of drug-likeness (QED) is 0.889. The summed E-state index contributed by atoms with van der Waals surface area (Å²) in [6, 6.07) is 8.26. The molecule has 0 saturated carbocycles. The van der Waals surface area contributed by atoms with Gasteiger partial charge in [0.25, 0.3) is 0 Å². The Morgan fingerprint density at radius 2 is 2.16 bits per heavy atom. The van der Waals surface area contributed by atoms with E-state index in [0.717, 1.165) is 50.0 Å². The molecule has 2 aliphatic heterocycles. The second-order valence-corrected chi connectivity index (χ2v) is 5.87. The first-order chi connectivity index (χ1) is 9.22. The van der Waals surface area contributed by atoms with Gasteiger partial charge in [-0.3, -0.25) is 0 Å². The van der Waals surface area contributed by atoms with Crippen molar-refractivity contribution in [2.24, 2.45) is 5.73 Å². The van der Waals surface area contributed by atoms with Gasteiger partial charge in [0, 0.05) is 30.9 Å². The van der Waals surface area contributed by atoms with E-state index in [-0.39, 0.29) is 11.6 Å². The minimum Gasteiger partial charge on any atom is -0.487 e. The van der Waals surface area contributed by atoms with E-state index in [1.165, 1.54) is 0 Å². The number of nitrogens with two attached hydrogens (primary N) is 1. The Bertz CT molecular complexity index is 446. The number of benzene rings is 1. The molecule has 3 nitrogen and oxygen atoms in total. The van der Waals surface area contributed by atoms with Gasteiger partial charge in [0.2, 0.25) is 0 Å². The molecule has 1 saturated heterocycles. The van der Waals surface area contributed by atoms with E-state index in [9.17, 15) is 0 Å². The van der Waals surface area contributed by atoms with Gasteiger partial charge in [0.1, 0.15) is 11.4 Å². The van der Waals surface area contributed by atoms with Crippen LogP contribution in [0.25, 0.3) is 0 Å². The predicted octanol–water partition coefficient (Wildman–Crippen LogP) is 3.19. The molecule has 19 heavy (non-hydrogen) atoms. The molecule has 3 unspecified atom stereocenters. The van der Waals surface area contributed by atoms with Gasteiger partial charge < -0.3 is 15.2 Å². The van der Waals surface area contributed by atoms with Crippen molar-refractivity contribution in [2.75, 3.05) is 6.61 Å². The largest absolute Gasteiger partial charge is 0.487 e. The van der Waals surface area contributed by atoms with Crippen molar-refractivity contribution in [1.29, 1.82) is 0 Å². The van der Waals surface area contributed by atoms with E-state index in [2.05, 4.69) is 13.0 Å². The standard InChI is InChI=1S/C16H23NO2/c1-2-5-12-10-16(8-9-18-12)11-14(17)13-6-3-4-7-15(13)19-16/h3-4,6-7,12,14H,2,5,8-11,17H2,1H3. The maximum Gasteiger partial charge on any atom is 0.124 e. The fourth-order valence-electron chi connectivity index (χ4n) is 3.44. The van der Waals surface area contributed by atoms with Crippen LogP contribution in [0.2, 0.25) is 0 Å². The monoisotopic (exact) mass is 261 g/mol. The van der Waals surface area contributed by atoms with Crippen molar-refractivity contribution in [3.63, 3.8) is 0 Å². The highest BCUT2D eigenvalue weighted by molar-refractivity contribution is 5.38. The van der Waals surface area contributed by atoms with Crippen LogP contribution in [0.1, 0.15) is 50.6 Å². The zero-order chi connectivity index (χ0) is 13.3. The number of hydrogen-bond donors (Lipinski definition) is 1. The number of hydrogen-bond acceptors (Lipinski definition) is 3. The summed E-state index contributed by atoms with van der Waals surface area (Å²) in [6.45, 7) is 2.99. The first kappa shape index (κ1) is 12.9. The molecule has 3 heteroatoms. The zero-order valence-corrected chi connectivity index (χ0v) is 11.6.